The molecule has 21 valence electrons. The van der Waals surface area contributed by atoms with Gasteiger partial charge in [0.25, 0.3) is 0 Å². The zero-order valence-electron chi connectivity index (χ0n) is 1.79. The molecule has 0 rings (SSSR count). The molecule has 5 radical (unpaired) electrons. The predicted molar refractivity (Wildman–Crippen MR) is 5.75 cm³/mol. The van der Waals surface area contributed by atoms with Crippen LogP contribution in [0.15, 0.2) is 0 Å². The van der Waals surface area contributed by atoms with Crippen LogP contribution in [-0.4, -0.2) is 11.0 Å². The fourth-order valence-electron chi connectivity index (χ4n) is 0. The summed E-state index contributed by atoms with van der Waals surface area (Å²) in [5, 5.41) is 0. The molecule has 4 heavy (non-hydrogen) atoms. The van der Waals surface area contributed by atoms with Gasteiger partial charge >= 0.3 is 0 Å². The second kappa shape index (κ2) is 20.1. The van der Waals surface area contributed by atoms with Crippen molar-refractivity contribution in [2.24, 2.45) is 0 Å². The van der Waals surface area contributed by atoms with Crippen molar-refractivity contribution in [2.45, 2.75) is 0 Å². The van der Waals surface area contributed by atoms with E-state index in [0.717, 1.165) is 0 Å². The molecule has 0 aromatic rings. The maximum atomic E-state index is 0. The first-order valence-electron chi connectivity index (χ1n) is 0. The fourth-order valence-corrected chi connectivity index (χ4v) is 0. The van der Waals surface area contributed by atoms with Crippen molar-refractivity contribution in [3.8, 4) is 0 Å². The van der Waals surface area contributed by atoms with Crippen LogP contribution in [0.4, 0.5) is 0 Å². The summed E-state index contributed by atoms with van der Waals surface area (Å²) >= 11 is 0. The average molecular weight is 183 g/mol. The smallest absolute Gasteiger partial charge is 0 e. The van der Waals surface area contributed by atoms with Crippen molar-refractivity contribution in [3.05, 3.63) is 0 Å². The Morgan fingerprint density at radius 1 is 1.00 bits per heavy atom. The van der Waals surface area contributed by atoms with Crippen LogP contribution in [0.25, 0.3) is 0 Å². The van der Waals surface area contributed by atoms with E-state index in [-0.39, 0.29) is 67.1 Å². The molecule has 4 heteroatoms. The van der Waals surface area contributed by atoms with Gasteiger partial charge in [0.2, 0.25) is 0 Å². The maximum absolute atomic E-state index is 0. The monoisotopic (exact) mass is 183 g/mol. The van der Waals surface area contributed by atoms with Crippen LogP contribution >= 0.6 is 0 Å². The zero-order valence-corrected chi connectivity index (χ0v) is 6.80. The summed E-state index contributed by atoms with van der Waals surface area (Å²) in [6.45, 7) is 0. The van der Waals surface area contributed by atoms with Gasteiger partial charge in [0, 0.05) is 67.1 Å². The molecular weight excluding hydrogens is 183 g/mol. The molecule has 0 aliphatic heterocycles. The van der Waals surface area contributed by atoms with Crippen LogP contribution in [-0.2, 0) is 56.1 Å². The van der Waals surface area contributed by atoms with E-state index in [9.17, 15) is 0 Å². The third-order valence-corrected chi connectivity index (χ3v) is 0. The van der Waals surface area contributed by atoms with E-state index < -0.39 is 0 Å². The van der Waals surface area contributed by atoms with Crippen molar-refractivity contribution in [1.82, 2.24) is 0 Å². The van der Waals surface area contributed by atoms with E-state index in [0.29, 0.717) is 0 Å². The minimum atomic E-state index is 0. The number of rotatable bonds is 0. The van der Waals surface area contributed by atoms with E-state index in [1.54, 1.807) is 0 Å². The molecule has 0 aromatic carbocycles. The third-order valence-electron chi connectivity index (χ3n) is 0. The summed E-state index contributed by atoms with van der Waals surface area (Å²) < 4.78 is 0. The Morgan fingerprint density at radius 2 is 1.00 bits per heavy atom. The minimum Gasteiger partial charge on any atom is 0 e. The number of hydrogen-bond acceptors (Lipinski definition) is 0. The van der Waals surface area contributed by atoms with Crippen LogP contribution in [0.3, 0.4) is 0 Å². The molecule has 0 N–H and O–H groups in total. The summed E-state index contributed by atoms with van der Waals surface area (Å²) in [5.41, 5.74) is 0. The van der Waals surface area contributed by atoms with E-state index >= 15 is 0 Å². The van der Waals surface area contributed by atoms with Crippen LogP contribution in [0.1, 0.15) is 0 Å². The summed E-state index contributed by atoms with van der Waals surface area (Å²) in [7, 11) is 0. The first-order chi connectivity index (χ1) is 0. The standard InChI is InChI=1S/Cr.Mn.Si.Ti. The summed E-state index contributed by atoms with van der Waals surface area (Å²) in [4.78, 5) is 0. The molecule has 0 bridgehead atoms. The normalized spacial score (nSPS) is 0. The minimum absolute atomic E-state index is 0. The molecule has 0 amide bonds. The number of hydrogen-bond donors (Lipinski definition) is 0. The van der Waals surface area contributed by atoms with Gasteiger partial charge in [0.15, 0.2) is 0 Å². The Balaban J connectivity index is 0. The zero-order chi connectivity index (χ0) is 0. The molecule has 0 nitrogen and oxygen atoms in total. The average Bonchev–Trinajstić information content (AvgIpc) is 0. The topological polar surface area (TPSA) is 0 Å². The van der Waals surface area contributed by atoms with Gasteiger partial charge in [0.1, 0.15) is 0 Å². The van der Waals surface area contributed by atoms with E-state index in [1.165, 1.54) is 0 Å². The molecular formula is CrMnSiTi. The fraction of sp³-hybridized carbons (Fsp3) is 0. The molecule has 0 saturated heterocycles. The Hall–Kier alpha value is 1.98. The molecule has 0 aromatic heterocycles. The van der Waals surface area contributed by atoms with Gasteiger partial charge in [0.05, 0.1) is 0 Å². The van der Waals surface area contributed by atoms with Crippen molar-refractivity contribution in [3.63, 3.8) is 0 Å². The van der Waals surface area contributed by atoms with Gasteiger partial charge in [-0.05, 0) is 0 Å². The molecule has 0 atom stereocenters. The molecule has 0 fully saturated rings. The van der Waals surface area contributed by atoms with Crippen LogP contribution in [0, 0.1) is 0 Å². The first-order valence-corrected chi connectivity index (χ1v) is 0. The largest absolute Gasteiger partial charge is 0 e. The van der Waals surface area contributed by atoms with Crippen LogP contribution in [0.5, 0.6) is 0 Å². The molecule has 0 spiro atoms. The van der Waals surface area contributed by atoms with E-state index in [4.69, 9.17) is 0 Å². The third kappa shape index (κ3) is 9.01. The second-order valence-corrected chi connectivity index (χ2v) is 0. The molecule has 0 saturated carbocycles. The summed E-state index contributed by atoms with van der Waals surface area (Å²) in [6.07, 6.45) is 0. The summed E-state index contributed by atoms with van der Waals surface area (Å²) in [6, 6.07) is 0. The van der Waals surface area contributed by atoms with Gasteiger partial charge in [-0.2, -0.15) is 0 Å². The Morgan fingerprint density at radius 3 is 1.00 bits per heavy atom. The van der Waals surface area contributed by atoms with E-state index in [1.807, 2.05) is 0 Å². The van der Waals surface area contributed by atoms with Crippen LogP contribution in [0.2, 0.25) is 0 Å². The first kappa shape index (κ1) is 37.8. The predicted octanol–water partition coefficient (Wildman–Crippen LogP) is -0.388. The SMILES string of the molecule is [Cr].[Mn].[Si].[Ti]. The summed E-state index contributed by atoms with van der Waals surface area (Å²) in [5.74, 6) is 0. The Bertz CT molecular complexity index is 8.00. The van der Waals surface area contributed by atoms with Gasteiger partial charge in [-0.15, -0.1) is 0 Å². The van der Waals surface area contributed by atoms with Gasteiger partial charge in [-0.1, -0.05) is 0 Å². The van der Waals surface area contributed by atoms with Crippen molar-refractivity contribution >= 4 is 11.0 Å². The van der Waals surface area contributed by atoms with Crippen molar-refractivity contribution < 1.29 is 56.1 Å². The van der Waals surface area contributed by atoms with Crippen molar-refractivity contribution in [1.29, 1.82) is 0 Å². The molecule has 0 aliphatic rings. The van der Waals surface area contributed by atoms with Gasteiger partial charge in [-0.25, -0.2) is 0 Å². The Kier molecular flexibility index (Phi) is 190. The van der Waals surface area contributed by atoms with Gasteiger partial charge in [-0.3, -0.25) is 0 Å². The Labute approximate surface area is 66.6 Å². The molecule has 0 aliphatic carbocycles. The molecule has 0 heterocycles. The van der Waals surface area contributed by atoms with E-state index in [2.05, 4.69) is 0 Å². The van der Waals surface area contributed by atoms with Crippen molar-refractivity contribution in [2.75, 3.05) is 0 Å². The molecule has 0 unspecified atom stereocenters. The maximum Gasteiger partial charge on any atom is 0 e. The second-order valence-electron chi connectivity index (χ2n) is 0. The quantitative estimate of drug-likeness (QED) is 0.448. The van der Waals surface area contributed by atoms with Crippen LogP contribution < -0.4 is 0 Å². The van der Waals surface area contributed by atoms with Gasteiger partial charge < -0.3 is 0 Å².